The van der Waals surface area contributed by atoms with Crippen molar-refractivity contribution < 1.29 is 4.79 Å². The standard InChI is InChI=1S/C24H25N3O/c28-24(21-14-8-3-9-15-21)25-16-22-18-27(17-19-10-4-1-5-11-19)26-23(22)20-12-6-2-7-13-20/h1-8,10-13,18,21H,9,14-17H2,(H,25,28)/t21-/m1/s1. The quantitative estimate of drug-likeness (QED) is 0.645. The van der Waals surface area contributed by atoms with Gasteiger partial charge in [-0.2, -0.15) is 5.10 Å². The highest BCUT2D eigenvalue weighted by atomic mass is 16.1. The van der Waals surface area contributed by atoms with E-state index >= 15 is 0 Å². The summed E-state index contributed by atoms with van der Waals surface area (Å²) in [5.74, 6) is 0.226. The fourth-order valence-corrected chi connectivity index (χ4v) is 3.64. The number of nitrogens with zero attached hydrogens (tertiary/aromatic N) is 2. The number of hydrogen-bond acceptors (Lipinski definition) is 2. The van der Waals surface area contributed by atoms with Gasteiger partial charge in [-0.3, -0.25) is 9.48 Å². The Balaban J connectivity index is 1.54. The van der Waals surface area contributed by atoms with Crippen molar-refractivity contribution in [1.29, 1.82) is 0 Å². The first-order valence-corrected chi connectivity index (χ1v) is 9.88. The molecule has 4 heteroatoms. The average Bonchev–Trinajstić information content (AvgIpc) is 3.16. The summed E-state index contributed by atoms with van der Waals surface area (Å²) in [6.07, 6.45) is 9.08. The van der Waals surface area contributed by atoms with Crippen LogP contribution < -0.4 is 5.32 Å². The zero-order chi connectivity index (χ0) is 19.2. The Kier molecular flexibility index (Phi) is 5.66. The molecule has 4 nitrogen and oxygen atoms in total. The maximum Gasteiger partial charge on any atom is 0.223 e. The van der Waals surface area contributed by atoms with E-state index in [-0.39, 0.29) is 11.8 Å². The molecule has 0 aliphatic heterocycles. The number of allylic oxidation sites excluding steroid dienone is 2. The SMILES string of the molecule is O=C(NCc1cn(Cc2ccccc2)nc1-c1ccccc1)[C@@H]1CC=CCC1. The summed E-state index contributed by atoms with van der Waals surface area (Å²) in [5, 5.41) is 7.95. The topological polar surface area (TPSA) is 46.9 Å². The van der Waals surface area contributed by atoms with Crippen LogP contribution in [0.15, 0.2) is 79.0 Å². The summed E-state index contributed by atoms with van der Waals surface area (Å²) in [7, 11) is 0. The zero-order valence-electron chi connectivity index (χ0n) is 15.9. The minimum Gasteiger partial charge on any atom is -0.352 e. The molecule has 0 saturated heterocycles. The summed E-state index contributed by atoms with van der Waals surface area (Å²) in [5.41, 5.74) is 4.25. The molecule has 1 atom stereocenters. The predicted molar refractivity (Wildman–Crippen MR) is 112 cm³/mol. The molecule has 0 bridgehead atoms. The fraction of sp³-hybridized carbons (Fsp3) is 0.250. The van der Waals surface area contributed by atoms with Gasteiger partial charge in [0.2, 0.25) is 5.91 Å². The van der Waals surface area contributed by atoms with E-state index in [2.05, 4.69) is 47.9 Å². The largest absolute Gasteiger partial charge is 0.352 e. The minimum absolute atomic E-state index is 0.0875. The Labute approximate surface area is 165 Å². The first-order chi connectivity index (χ1) is 13.8. The molecular weight excluding hydrogens is 346 g/mol. The summed E-state index contributed by atoms with van der Waals surface area (Å²) >= 11 is 0. The van der Waals surface area contributed by atoms with E-state index in [9.17, 15) is 4.79 Å². The Morgan fingerprint density at radius 2 is 1.79 bits per heavy atom. The van der Waals surface area contributed by atoms with Gasteiger partial charge in [-0.1, -0.05) is 72.8 Å². The van der Waals surface area contributed by atoms with Crippen LogP contribution in [-0.4, -0.2) is 15.7 Å². The molecule has 0 spiro atoms. The molecule has 142 valence electrons. The van der Waals surface area contributed by atoms with Gasteiger partial charge in [0, 0.05) is 29.8 Å². The molecule has 2 aromatic carbocycles. The highest BCUT2D eigenvalue weighted by Gasteiger charge is 2.19. The van der Waals surface area contributed by atoms with Crippen molar-refractivity contribution in [2.45, 2.75) is 32.4 Å². The van der Waals surface area contributed by atoms with E-state index in [4.69, 9.17) is 5.10 Å². The van der Waals surface area contributed by atoms with Crippen LogP contribution in [0.2, 0.25) is 0 Å². The van der Waals surface area contributed by atoms with Gasteiger partial charge in [0.05, 0.1) is 12.2 Å². The Morgan fingerprint density at radius 1 is 1.04 bits per heavy atom. The lowest BCUT2D eigenvalue weighted by Crippen LogP contribution is -2.30. The van der Waals surface area contributed by atoms with Crippen LogP contribution in [0.4, 0.5) is 0 Å². The normalized spacial score (nSPS) is 16.1. The van der Waals surface area contributed by atoms with Gasteiger partial charge in [-0.25, -0.2) is 0 Å². The zero-order valence-corrected chi connectivity index (χ0v) is 15.9. The van der Waals surface area contributed by atoms with E-state index in [0.29, 0.717) is 13.1 Å². The Bertz CT molecular complexity index is 944. The predicted octanol–water partition coefficient (Wildman–Crippen LogP) is 4.57. The molecule has 1 aromatic heterocycles. The highest BCUT2D eigenvalue weighted by molar-refractivity contribution is 5.79. The second-order valence-corrected chi connectivity index (χ2v) is 7.25. The molecule has 1 heterocycles. The number of amides is 1. The van der Waals surface area contributed by atoms with Gasteiger partial charge in [0.1, 0.15) is 0 Å². The van der Waals surface area contributed by atoms with Gasteiger partial charge in [0.25, 0.3) is 0 Å². The number of carbonyl (C=O) groups excluding carboxylic acids is 1. The summed E-state index contributed by atoms with van der Waals surface area (Å²) in [4.78, 5) is 12.5. The molecule has 1 N–H and O–H groups in total. The van der Waals surface area contributed by atoms with Gasteiger partial charge in [0.15, 0.2) is 0 Å². The van der Waals surface area contributed by atoms with Crippen LogP contribution in [0.5, 0.6) is 0 Å². The third-order valence-corrected chi connectivity index (χ3v) is 5.17. The van der Waals surface area contributed by atoms with E-state index in [1.165, 1.54) is 5.56 Å². The molecule has 3 aromatic rings. The molecule has 0 fully saturated rings. The first-order valence-electron chi connectivity index (χ1n) is 9.88. The average molecular weight is 371 g/mol. The highest BCUT2D eigenvalue weighted by Crippen LogP contribution is 2.23. The summed E-state index contributed by atoms with van der Waals surface area (Å²) in [6, 6.07) is 20.5. The van der Waals surface area contributed by atoms with E-state index in [1.54, 1.807) is 0 Å². The van der Waals surface area contributed by atoms with Gasteiger partial charge < -0.3 is 5.32 Å². The lowest BCUT2D eigenvalue weighted by Gasteiger charge is -2.17. The second kappa shape index (κ2) is 8.70. The fourth-order valence-electron chi connectivity index (χ4n) is 3.64. The van der Waals surface area contributed by atoms with Crippen molar-refractivity contribution >= 4 is 5.91 Å². The maximum absolute atomic E-state index is 12.5. The van der Waals surface area contributed by atoms with Crippen LogP contribution in [0.1, 0.15) is 30.4 Å². The van der Waals surface area contributed by atoms with Gasteiger partial charge in [-0.05, 0) is 24.8 Å². The third-order valence-electron chi connectivity index (χ3n) is 5.17. The Morgan fingerprint density at radius 3 is 2.50 bits per heavy atom. The monoisotopic (exact) mass is 371 g/mol. The first kappa shape index (κ1) is 18.2. The van der Waals surface area contributed by atoms with Crippen molar-refractivity contribution in [3.05, 3.63) is 90.1 Å². The third kappa shape index (κ3) is 4.39. The molecule has 0 radical (unpaired) electrons. The van der Waals surface area contributed by atoms with Crippen LogP contribution in [0.25, 0.3) is 11.3 Å². The van der Waals surface area contributed by atoms with Crippen LogP contribution >= 0.6 is 0 Å². The molecule has 0 saturated carbocycles. The van der Waals surface area contributed by atoms with Crippen molar-refractivity contribution in [2.75, 3.05) is 0 Å². The minimum atomic E-state index is 0.0875. The lowest BCUT2D eigenvalue weighted by molar-refractivity contribution is -0.125. The number of hydrogen-bond donors (Lipinski definition) is 1. The molecule has 1 amide bonds. The van der Waals surface area contributed by atoms with E-state index in [0.717, 1.165) is 36.1 Å². The van der Waals surface area contributed by atoms with Crippen molar-refractivity contribution in [2.24, 2.45) is 5.92 Å². The molecule has 4 rings (SSSR count). The molecule has 1 aliphatic carbocycles. The molecule has 0 unspecified atom stereocenters. The molecule has 28 heavy (non-hydrogen) atoms. The van der Waals surface area contributed by atoms with Gasteiger partial charge >= 0.3 is 0 Å². The van der Waals surface area contributed by atoms with Crippen molar-refractivity contribution in [3.8, 4) is 11.3 Å². The van der Waals surface area contributed by atoms with Crippen LogP contribution in [0, 0.1) is 5.92 Å². The lowest BCUT2D eigenvalue weighted by atomic mass is 9.93. The molecule has 1 aliphatic rings. The smallest absolute Gasteiger partial charge is 0.223 e. The number of nitrogens with one attached hydrogen (secondary N) is 1. The molecular formula is C24H25N3O. The van der Waals surface area contributed by atoms with Gasteiger partial charge in [-0.15, -0.1) is 0 Å². The number of aromatic nitrogens is 2. The van der Waals surface area contributed by atoms with Crippen molar-refractivity contribution in [3.63, 3.8) is 0 Å². The van der Waals surface area contributed by atoms with E-state index < -0.39 is 0 Å². The van der Waals surface area contributed by atoms with Crippen LogP contribution in [0.3, 0.4) is 0 Å². The summed E-state index contributed by atoms with van der Waals surface area (Å²) < 4.78 is 1.96. The number of carbonyl (C=O) groups is 1. The second-order valence-electron chi connectivity index (χ2n) is 7.25. The maximum atomic E-state index is 12.5. The number of benzene rings is 2. The number of rotatable bonds is 6. The van der Waals surface area contributed by atoms with Crippen molar-refractivity contribution in [1.82, 2.24) is 15.1 Å². The van der Waals surface area contributed by atoms with Crippen LogP contribution in [-0.2, 0) is 17.9 Å². The summed E-state index contributed by atoms with van der Waals surface area (Å²) in [6.45, 7) is 1.21. The van der Waals surface area contributed by atoms with E-state index in [1.807, 2.05) is 41.1 Å². The Hall–Kier alpha value is -3.14.